The molecule has 1 aromatic rings. The maximum Gasteiger partial charge on any atom is 0.284 e. The quantitative estimate of drug-likeness (QED) is 0.407. The maximum atomic E-state index is 10.7. The van der Waals surface area contributed by atoms with Crippen LogP contribution in [0.3, 0.4) is 0 Å². The van der Waals surface area contributed by atoms with Crippen LogP contribution in [0.2, 0.25) is 0 Å². The minimum absolute atomic E-state index is 0.0564. The average Bonchev–Trinajstić information content (AvgIpc) is 2.79. The molecule has 1 aliphatic carbocycles. The van der Waals surface area contributed by atoms with Crippen LogP contribution >= 0.6 is 0 Å². The summed E-state index contributed by atoms with van der Waals surface area (Å²) in [6, 6.07) is 6.51. The highest BCUT2D eigenvalue weighted by Gasteiger charge is 2.09. The van der Waals surface area contributed by atoms with Crippen molar-refractivity contribution >= 4 is 5.69 Å². The second kappa shape index (κ2) is 4.45. The van der Waals surface area contributed by atoms with Crippen molar-refractivity contribution in [1.29, 1.82) is 0 Å². The summed E-state index contributed by atoms with van der Waals surface area (Å²) < 4.78 is 0. The highest BCUT2D eigenvalue weighted by molar-refractivity contribution is 5.51. The number of para-hydroxylation sites is 1. The lowest BCUT2D eigenvalue weighted by atomic mass is 10.1. The fourth-order valence-electron chi connectivity index (χ4n) is 1.43. The number of rotatable bonds is 1. The van der Waals surface area contributed by atoms with Crippen LogP contribution in [0.25, 0.3) is 0 Å². The van der Waals surface area contributed by atoms with Crippen molar-refractivity contribution in [2.45, 2.75) is 0 Å². The largest absolute Gasteiger partial charge is 0.284 e. The fourth-order valence-corrected chi connectivity index (χ4v) is 1.43. The summed E-state index contributed by atoms with van der Waals surface area (Å²) in [6.07, 6.45) is 7.72. The molecule has 0 heterocycles. The zero-order valence-electron chi connectivity index (χ0n) is 8.46. The summed E-state index contributed by atoms with van der Waals surface area (Å²) >= 11 is 0. The van der Waals surface area contributed by atoms with Crippen molar-refractivity contribution < 1.29 is 4.92 Å². The van der Waals surface area contributed by atoms with E-state index in [1.54, 1.807) is 18.2 Å². The van der Waals surface area contributed by atoms with Gasteiger partial charge in [0.25, 0.3) is 5.69 Å². The first-order chi connectivity index (χ1) is 7.77. The standard InChI is InChI=1S/C13H9NO2/c15-14(16)13-8-4-3-7-12(13)10-9-11-5-1-2-6-11/h1-8,11H. The van der Waals surface area contributed by atoms with Crippen molar-refractivity contribution in [3.8, 4) is 11.8 Å². The normalized spacial score (nSPS) is 13.5. The van der Waals surface area contributed by atoms with E-state index in [2.05, 4.69) is 11.8 Å². The Balaban J connectivity index is 2.30. The average molecular weight is 211 g/mol. The first kappa shape index (κ1) is 10.2. The number of hydrogen-bond acceptors (Lipinski definition) is 2. The second-order valence-corrected chi connectivity index (χ2v) is 3.34. The van der Waals surface area contributed by atoms with Gasteiger partial charge in [0, 0.05) is 6.07 Å². The Bertz CT molecular complexity index is 520. The predicted octanol–water partition coefficient (Wildman–Crippen LogP) is 2.69. The maximum absolute atomic E-state index is 10.7. The molecule has 2 rings (SSSR count). The van der Waals surface area contributed by atoms with Crippen molar-refractivity contribution in [2.75, 3.05) is 0 Å². The molecule has 0 aromatic heterocycles. The number of nitro groups is 1. The third kappa shape index (κ3) is 2.18. The molecule has 0 fully saturated rings. The molecule has 0 saturated heterocycles. The molecule has 1 aliphatic rings. The molecule has 0 bridgehead atoms. The number of benzene rings is 1. The fraction of sp³-hybridized carbons (Fsp3) is 0.0769. The molecule has 0 spiro atoms. The molecule has 0 N–H and O–H groups in total. The van der Waals surface area contributed by atoms with E-state index in [0.29, 0.717) is 5.56 Å². The van der Waals surface area contributed by atoms with Gasteiger partial charge in [-0.15, -0.1) is 0 Å². The predicted molar refractivity (Wildman–Crippen MR) is 61.7 cm³/mol. The van der Waals surface area contributed by atoms with E-state index in [1.807, 2.05) is 24.3 Å². The summed E-state index contributed by atoms with van der Waals surface area (Å²) in [6.45, 7) is 0. The first-order valence-electron chi connectivity index (χ1n) is 4.87. The van der Waals surface area contributed by atoms with E-state index in [9.17, 15) is 10.1 Å². The summed E-state index contributed by atoms with van der Waals surface area (Å²) in [4.78, 5) is 10.3. The lowest BCUT2D eigenvalue weighted by Crippen LogP contribution is -1.91. The van der Waals surface area contributed by atoms with Gasteiger partial charge in [0.2, 0.25) is 0 Å². The van der Waals surface area contributed by atoms with Crippen LogP contribution in [0.4, 0.5) is 5.69 Å². The third-order valence-electron chi connectivity index (χ3n) is 2.22. The van der Waals surface area contributed by atoms with E-state index in [1.165, 1.54) is 6.07 Å². The van der Waals surface area contributed by atoms with E-state index >= 15 is 0 Å². The Morgan fingerprint density at radius 2 is 1.88 bits per heavy atom. The highest BCUT2D eigenvalue weighted by Crippen LogP contribution is 2.16. The number of nitro benzene ring substituents is 1. The van der Waals surface area contributed by atoms with Crippen molar-refractivity contribution in [3.05, 3.63) is 64.2 Å². The van der Waals surface area contributed by atoms with E-state index in [4.69, 9.17) is 0 Å². The van der Waals surface area contributed by atoms with Gasteiger partial charge < -0.3 is 0 Å². The molecular weight excluding hydrogens is 202 g/mol. The summed E-state index contributed by atoms with van der Waals surface area (Å²) in [5.74, 6) is 5.88. The van der Waals surface area contributed by atoms with Gasteiger partial charge in [0.1, 0.15) is 5.56 Å². The third-order valence-corrected chi connectivity index (χ3v) is 2.22. The van der Waals surface area contributed by atoms with Crippen LogP contribution in [0, 0.1) is 27.9 Å². The van der Waals surface area contributed by atoms with Gasteiger partial charge >= 0.3 is 0 Å². The topological polar surface area (TPSA) is 43.1 Å². The van der Waals surface area contributed by atoms with Crippen LogP contribution in [0.5, 0.6) is 0 Å². The Hall–Kier alpha value is -2.34. The molecule has 0 atom stereocenters. The SMILES string of the molecule is O=[N+]([O-])c1ccccc1C#CC1C=CC=C1. The molecule has 78 valence electrons. The zero-order chi connectivity index (χ0) is 11.4. The van der Waals surface area contributed by atoms with Crippen molar-refractivity contribution in [2.24, 2.45) is 5.92 Å². The molecular formula is C13H9NO2. The number of hydrogen-bond donors (Lipinski definition) is 0. The monoisotopic (exact) mass is 211 g/mol. The Kier molecular flexibility index (Phi) is 2.84. The van der Waals surface area contributed by atoms with Gasteiger partial charge in [-0.05, 0) is 6.07 Å². The van der Waals surface area contributed by atoms with Crippen molar-refractivity contribution in [1.82, 2.24) is 0 Å². The molecule has 3 heteroatoms. The van der Waals surface area contributed by atoms with E-state index in [-0.39, 0.29) is 11.6 Å². The smallest absolute Gasteiger partial charge is 0.258 e. The Labute approximate surface area is 93.3 Å². The molecule has 0 aliphatic heterocycles. The second-order valence-electron chi connectivity index (χ2n) is 3.34. The Morgan fingerprint density at radius 3 is 2.56 bits per heavy atom. The van der Waals surface area contributed by atoms with Gasteiger partial charge in [-0.25, -0.2) is 0 Å². The van der Waals surface area contributed by atoms with Crippen LogP contribution in [0.1, 0.15) is 5.56 Å². The highest BCUT2D eigenvalue weighted by atomic mass is 16.6. The summed E-state index contributed by atoms with van der Waals surface area (Å²) in [5.41, 5.74) is 0.516. The number of allylic oxidation sites excluding steroid dienone is 4. The van der Waals surface area contributed by atoms with Gasteiger partial charge in [0.15, 0.2) is 0 Å². The van der Waals surface area contributed by atoms with Crippen LogP contribution in [-0.4, -0.2) is 4.92 Å². The van der Waals surface area contributed by atoms with Crippen LogP contribution in [0.15, 0.2) is 48.6 Å². The molecule has 0 unspecified atom stereocenters. The lowest BCUT2D eigenvalue weighted by Gasteiger charge is -1.94. The lowest BCUT2D eigenvalue weighted by molar-refractivity contribution is -0.385. The number of nitrogens with zero attached hydrogens (tertiary/aromatic N) is 1. The van der Waals surface area contributed by atoms with Crippen LogP contribution in [-0.2, 0) is 0 Å². The molecule has 0 radical (unpaired) electrons. The van der Waals surface area contributed by atoms with Crippen molar-refractivity contribution in [3.63, 3.8) is 0 Å². The first-order valence-corrected chi connectivity index (χ1v) is 4.87. The minimum atomic E-state index is -0.412. The van der Waals surface area contributed by atoms with Crippen LogP contribution < -0.4 is 0 Å². The van der Waals surface area contributed by atoms with Gasteiger partial charge in [-0.1, -0.05) is 48.3 Å². The molecule has 1 aromatic carbocycles. The Morgan fingerprint density at radius 1 is 1.19 bits per heavy atom. The minimum Gasteiger partial charge on any atom is -0.258 e. The zero-order valence-corrected chi connectivity index (χ0v) is 8.46. The summed E-state index contributed by atoms with van der Waals surface area (Å²) in [5, 5.41) is 10.7. The molecule has 0 amide bonds. The van der Waals surface area contributed by atoms with Gasteiger partial charge in [0.05, 0.1) is 10.8 Å². The molecule has 16 heavy (non-hydrogen) atoms. The molecule has 3 nitrogen and oxygen atoms in total. The molecule has 0 saturated carbocycles. The van der Waals surface area contributed by atoms with Gasteiger partial charge in [-0.3, -0.25) is 10.1 Å². The van der Waals surface area contributed by atoms with E-state index in [0.717, 1.165) is 0 Å². The van der Waals surface area contributed by atoms with E-state index < -0.39 is 4.92 Å². The van der Waals surface area contributed by atoms with Gasteiger partial charge in [-0.2, -0.15) is 0 Å². The summed E-state index contributed by atoms with van der Waals surface area (Å²) in [7, 11) is 0.